The Bertz CT molecular complexity index is 1010. The van der Waals surface area contributed by atoms with E-state index in [1.165, 1.54) is 23.5 Å². The fourth-order valence-electron chi connectivity index (χ4n) is 4.24. The molecule has 2 aromatic carbocycles. The molecule has 2 amide bonds. The molecule has 1 aliphatic carbocycles. The zero-order valence-corrected chi connectivity index (χ0v) is 22.7. The SMILES string of the molecule is C[C@H](C(=O)NC1CCCCC1)N(Cc1ccc(F)cc1)C(=O)COc1ccc(C(C)(C)C)cc1Br. The third-order valence-electron chi connectivity index (χ3n) is 6.53. The molecule has 0 aliphatic heterocycles. The molecular formula is C28H36BrFN2O3. The van der Waals surface area contributed by atoms with Crippen LogP contribution in [-0.4, -0.2) is 35.4 Å². The Morgan fingerprint density at radius 2 is 1.77 bits per heavy atom. The summed E-state index contributed by atoms with van der Waals surface area (Å²) >= 11 is 3.55. The van der Waals surface area contributed by atoms with Gasteiger partial charge in [0, 0.05) is 12.6 Å². The molecule has 35 heavy (non-hydrogen) atoms. The Labute approximate surface area is 216 Å². The second-order valence-electron chi connectivity index (χ2n) is 10.4. The lowest BCUT2D eigenvalue weighted by atomic mass is 9.87. The van der Waals surface area contributed by atoms with E-state index in [1.54, 1.807) is 19.1 Å². The first-order valence-electron chi connectivity index (χ1n) is 12.3. The molecule has 190 valence electrons. The van der Waals surface area contributed by atoms with Gasteiger partial charge in [0.1, 0.15) is 17.6 Å². The smallest absolute Gasteiger partial charge is 0.261 e. The average Bonchev–Trinajstić information content (AvgIpc) is 2.82. The highest BCUT2D eigenvalue weighted by molar-refractivity contribution is 9.10. The molecule has 1 saturated carbocycles. The van der Waals surface area contributed by atoms with Crippen molar-refractivity contribution in [3.63, 3.8) is 0 Å². The van der Waals surface area contributed by atoms with Gasteiger partial charge in [-0.25, -0.2) is 4.39 Å². The van der Waals surface area contributed by atoms with E-state index >= 15 is 0 Å². The highest BCUT2D eigenvalue weighted by atomic mass is 79.9. The van der Waals surface area contributed by atoms with Gasteiger partial charge in [-0.15, -0.1) is 0 Å². The minimum absolute atomic E-state index is 0.00997. The number of nitrogens with zero attached hydrogens (tertiary/aromatic N) is 1. The quantitative estimate of drug-likeness (QED) is 0.433. The van der Waals surface area contributed by atoms with Crippen LogP contribution in [0.3, 0.4) is 0 Å². The molecule has 0 radical (unpaired) electrons. The van der Waals surface area contributed by atoms with Crippen molar-refractivity contribution in [3.05, 3.63) is 63.9 Å². The molecule has 0 saturated heterocycles. The molecule has 1 fully saturated rings. The van der Waals surface area contributed by atoms with Gasteiger partial charge in [-0.05, 0) is 76.5 Å². The lowest BCUT2D eigenvalue weighted by Gasteiger charge is -2.31. The highest BCUT2D eigenvalue weighted by Gasteiger charge is 2.28. The minimum atomic E-state index is -0.690. The summed E-state index contributed by atoms with van der Waals surface area (Å²) in [6.45, 7) is 8.10. The Morgan fingerprint density at radius 3 is 2.37 bits per heavy atom. The van der Waals surface area contributed by atoms with Gasteiger partial charge in [-0.1, -0.05) is 58.2 Å². The van der Waals surface area contributed by atoms with Crippen LogP contribution in [0.15, 0.2) is 46.9 Å². The van der Waals surface area contributed by atoms with E-state index in [-0.39, 0.29) is 42.2 Å². The van der Waals surface area contributed by atoms with Crippen LogP contribution < -0.4 is 10.1 Å². The Kier molecular flexibility index (Phi) is 9.34. The molecule has 0 heterocycles. The van der Waals surface area contributed by atoms with E-state index in [4.69, 9.17) is 4.74 Å². The summed E-state index contributed by atoms with van der Waals surface area (Å²) < 4.78 is 20.0. The number of rotatable bonds is 8. The zero-order chi connectivity index (χ0) is 25.6. The number of hydrogen-bond acceptors (Lipinski definition) is 3. The maximum Gasteiger partial charge on any atom is 0.261 e. The van der Waals surface area contributed by atoms with Crippen LogP contribution in [0.2, 0.25) is 0 Å². The van der Waals surface area contributed by atoms with E-state index in [0.29, 0.717) is 5.75 Å². The number of carbonyl (C=O) groups is 2. The van der Waals surface area contributed by atoms with E-state index < -0.39 is 6.04 Å². The van der Waals surface area contributed by atoms with Gasteiger partial charge >= 0.3 is 0 Å². The second-order valence-corrected chi connectivity index (χ2v) is 11.2. The topological polar surface area (TPSA) is 58.6 Å². The van der Waals surface area contributed by atoms with Crippen LogP contribution in [-0.2, 0) is 21.5 Å². The Balaban J connectivity index is 1.72. The van der Waals surface area contributed by atoms with Crippen molar-refractivity contribution in [1.29, 1.82) is 0 Å². The Morgan fingerprint density at radius 1 is 1.11 bits per heavy atom. The average molecular weight is 548 g/mol. The number of benzene rings is 2. The van der Waals surface area contributed by atoms with Gasteiger partial charge in [0.05, 0.1) is 4.47 Å². The predicted molar refractivity (Wildman–Crippen MR) is 140 cm³/mol. The van der Waals surface area contributed by atoms with Crippen LogP contribution in [0.25, 0.3) is 0 Å². The summed E-state index contributed by atoms with van der Waals surface area (Å²) in [6, 6.07) is 11.3. The van der Waals surface area contributed by atoms with Crippen molar-refractivity contribution in [3.8, 4) is 5.75 Å². The molecule has 3 rings (SSSR count). The molecule has 1 aliphatic rings. The third-order valence-corrected chi connectivity index (χ3v) is 7.15. The lowest BCUT2D eigenvalue weighted by Crippen LogP contribution is -2.51. The largest absolute Gasteiger partial charge is 0.483 e. The standard InChI is InChI=1S/C28H36BrFN2O3/c1-19(27(34)31-23-8-6-5-7-9-23)32(17-20-10-13-22(30)14-11-20)26(33)18-35-25-15-12-21(16-24(25)29)28(2,3)4/h10-16,19,23H,5-9,17-18H2,1-4H3,(H,31,34)/t19-/m1/s1. The van der Waals surface area contributed by atoms with E-state index in [1.807, 2.05) is 18.2 Å². The summed E-state index contributed by atoms with van der Waals surface area (Å²) in [6.07, 6.45) is 5.33. The van der Waals surface area contributed by atoms with Crippen molar-refractivity contribution in [2.24, 2.45) is 0 Å². The first-order chi connectivity index (χ1) is 16.5. The molecular weight excluding hydrogens is 511 g/mol. The van der Waals surface area contributed by atoms with Gasteiger partial charge in [0.2, 0.25) is 5.91 Å². The van der Waals surface area contributed by atoms with E-state index in [9.17, 15) is 14.0 Å². The Hall–Kier alpha value is -2.41. The van der Waals surface area contributed by atoms with Crippen LogP contribution >= 0.6 is 15.9 Å². The molecule has 2 aromatic rings. The number of halogens is 2. The number of hydrogen-bond donors (Lipinski definition) is 1. The molecule has 7 heteroatoms. The molecule has 0 bridgehead atoms. The van der Waals surface area contributed by atoms with Gasteiger partial charge in [-0.2, -0.15) is 0 Å². The molecule has 0 aromatic heterocycles. The molecule has 1 atom stereocenters. The van der Waals surface area contributed by atoms with Crippen molar-refractivity contribution >= 4 is 27.7 Å². The summed E-state index contributed by atoms with van der Waals surface area (Å²) in [5.74, 6) is -0.274. The first-order valence-corrected chi connectivity index (χ1v) is 13.1. The van der Waals surface area contributed by atoms with E-state index in [2.05, 4.69) is 42.0 Å². The summed E-state index contributed by atoms with van der Waals surface area (Å²) in [4.78, 5) is 27.8. The fraction of sp³-hybridized carbons (Fsp3) is 0.500. The van der Waals surface area contributed by atoms with Crippen molar-refractivity contribution in [1.82, 2.24) is 10.2 Å². The van der Waals surface area contributed by atoms with Gasteiger partial charge in [0.25, 0.3) is 5.91 Å². The van der Waals surface area contributed by atoms with Crippen LogP contribution in [0, 0.1) is 5.82 Å². The molecule has 5 nitrogen and oxygen atoms in total. The molecule has 1 N–H and O–H groups in total. The fourth-order valence-corrected chi connectivity index (χ4v) is 4.74. The number of nitrogens with one attached hydrogen (secondary N) is 1. The minimum Gasteiger partial charge on any atom is -0.483 e. The van der Waals surface area contributed by atoms with Crippen molar-refractivity contribution in [2.45, 2.75) is 83.8 Å². The maximum absolute atomic E-state index is 13.4. The van der Waals surface area contributed by atoms with Crippen LogP contribution in [0.4, 0.5) is 4.39 Å². The van der Waals surface area contributed by atoms with Crippen molar-refractivity contribution in [2.75, 3.05) is 6.61 Å². The van der Waals surface area contributed by atoms with Gasteiger partial charge in [0.15, 0.2) is 6.61 Å². The highest BCUT2D eigenvalue weighted by Crippen LogP contribution is 2.31. The summed E-state index contributed by atoms with van der Waals surface area (Å²) in [5, 5.41) is 3.11. The maximum atomic E-state index is 13.4. The summed E-state index contributed by atoms with van der Waals surface area (Å²) in [5.41, 5.74) is 1.88. The van der Waals surface area contributed by atoms with Gasteiger partial charge in [-0.3, -0.25) is 9.59 Å². The normalized spacial score (nSPS) is 15.4. The monoisotopic (exact) mass is 546 g/mol. The molecule has 0 unspecified atom stereocenters. The van der Waals surface area contributed by atoms with Crippen molar-refractivity contribution < 1.29 is 18.7 Å². The summed E-state index contributed by atoms with van der Waals surface area (Å²) in [7, 11) is 0. The lowest BCUT2D eigenvalue weighted by molar-refractivity contribution is -0.142. The van der Waals surface area contributed by atoms with Gasteiger partial charge < -0.3 is 15.0 Å². The number of amides is 2. The van der Waals surface area contributed by atoms with Crippen LogP contribution in [0.1, 0.15) is 70.9 Å². The first kappa shape index (κ1) is 27.2. The zero-order valence-electron chi connectivity index (χ0n) is 21.1. The predicted octanol–water partition coefficient (Wildman–Crippen LogP) is 6.13. The third kappa shape index (κ3) is 7.79. The second kappa shape index (κ2) is 12.0. The van der Waals surface area contributed by atoms with E-state index in [0.717, 1.165) is 41.3 Å². The number of carbonyl (C=O) groups excluding carboxylic acids is 2. The molecule has 0 spiro atoms. The van der Waals surface area contributed by atoms with Crippen LogP contribution in [0.5, 0.6) is 5.75 Å². The number of ether oxygens (including phenoxy) is 1.